The zero-order valence-corrected chi connectivity index (χ0v) is 17.1. The second-order valence-electron chi connectivity index (χ2n) is 7.12. The van der Waals surface area contributed by atoms with Gasteiger partial charge < -0.3 is 9.73 Å². The Balaban J connectivity index is 1.77. The highest BCUT2D eigenvalue weighted by Crippen LogP contribution is 2.20. The van der Waals surface area contributed by atoms with E-state index in [1.807, 2.05) is 38.1 Å². The van der Waals surface area contributed by atoms with Gasteiger partial charge in [-0.15, -0.1) is 0 Å². The van der Waals surface area contributed by atoms with Gasteiger partial charge in [0, 0.05) is 24.2 Å². The Morgan fingerprint density at radius 3 is 2.55 bits per heavy atom. The van der Waals surface area contributed by atoms with E-state index in [0.29, 0.717) is 30.5 Å². The first kappa shape index (κ1) is 21.0. The lowest BCUT2D eigenvalue weighted by Crippen LogP contribution is -2.30. The minimum absolute atomic E-state index is 0.0119. The molecule has 0 aliphatic carbocycles. The highest BCUT2D eigenvalue weighted by molar-refractivity contribution is 6.31. The van der Waals surface area contributed by atoms with Gasteiger partial charge in [-0.1, -0.05) is 41.9 Å². The molecule has 0 aliphatic rings. The number of halogens is 2. The van der Waals surface area contributed by atoms with Crippen molar-refractivity contribution >= 4 is 17.5 Å². The third kappa shape index (κ3) is 6.14. The van der Waals surface area contributed by atoms with Gasteiger partial charge in [0.1, 0.15) is 12.1 Å². The van der Waals surface area contributed by atoms with Crippen LogP contribution in [0.25, 0.3) is 0 Å². The third-order valence-corrected chi connectivity index (χ3v) is 4.60. The van der Waals surface area contributed by atoms with Crippen molar-refractivity contribution in [3.8, 4) is 0 Å². The van der Waals surface area contributed by atoms with E-state index in [2.05, 4.69) is 15.2 Å². The standard InChI is InChI=1S/C22H23ClFN3O2/c1-15(2)25-22(28)20-14-29-21(26-20)13-27(11-16-7-9-18(24)10-8-16)12-17-5-3-4-6-19(17)23/h3-10,14-15H,11-13H2,1-2H3,(H,25,28). The van der Waals surface area contributed by atoms with Crippen LogP contribution in [0.5, 0.6) is 0 Å². The molecule has 0 unspecified atom stereocenters. The molecule has 0 radical (unpaired) electrons. The van der Waals surface area contributed by atoms with Crippen LogP contribution in [-0.2, 0) is 19.6 Å². The molecule has 1 N–H and O–H groups in total. The third-order valence-electron chi connectivity index (χ3n) is 4.23. The van der Waals surface area contributed by atoms with Crippen molar-refractivity contribution in [3.63, 3.8) is 0 Å². The minimum atomic E-state index is -0.278. The summed E-state index contributed by atoms with van der Waals surface area (Å²) < 4.78 is 18.8. The van der Waals surface area contributed by atoms with Crippen molar-refractivity contribution < 1.29 is 13.6 Å². The molecule has 1 amide bonds. The maximum Gasteiger partial charge on any atom is 0.273 e. The molecule has 152 valence electrons. The van der Waals surface area contributed by atoms with Crippen molar-refractivity contribution in [3.05, 3.63) is 88.3 Å². The first-order valence-electron chi connectivity index (χ1n) is 9.36. The smallest absolute Gasteiger partial charge is 0.273 e. The number of amides is 1. The Labute approximate surface area is 174 Å². The number of oxazole rings is 1. The summed E-state index contributed by atoms with van der Waals surface area (Å²) in [5.74, 6) is -0.126. The fourth-order valence-electron chi connectivity index (χ4n) is 2.90. The Hall–Kier alpha value is -2.70. The zero-order valence-electron chi connectivity index (χ0n) is 16.4. The normalized spacial score (nSPS) is 11.2. The van der Waals surface area contributed by atoms with E-state index in [1.165, 1.54) is 18.4 Å². The number of benzene rings is 2. The largest absolute Gasteiger partial charge is 0.447 e. The highest BCUT2D eigenvalue weighted by atomic mass is 35.5. The van der Waals surface area contributed by atoms with E-state index < -0.39 is 0 Å². The fourth-order valence-corrected chi connectivity index (χ4v) is 3.09. The molecule has 0 fully saturated rings. The van der Waals surface area contributed by atoms with Crippen LogP contribution in [0.4, 0.5) is 4.39 Å². The summed E-state index contributed by atoms with van der Waals surface area (Å²) in [5, 5.41) is 3.46. The first-order chi connectivity index (χ1) is 13.9. The van der Waals surface area contributed by atoms with E-state index in [-0.39, 0.29) is 23.5 Å². The molecule has 0 atom stereocenters. The first-order valence-corrected chi connectivity index (χ1v) is 9.74. The quantitative estimate of drug-likeness (QED) is 0.573. The number of carbonyl (C=O) groups is 1. The summed E-state index contributed by atoms with van der Waals surface area (Å²) in [7, 11) is 0. The molecule has 5 nitrogen and oxygen atoms in total. The van der Waals surface area contributed by atoms with Crippen LogP contribution in [0.3, 0.4) is 0 Å². The van der Waals surface area contributed by atoms with E-state index in [0.717, 1.165) is 11.1 Å². The average molecular weight is 416 g/mol. The molecular formula is C22H23ClFN3O2. The average Bonchev–Trinajstić information content (AvgIpc) is 3.13. The van der Waals surface area contributed by atoms with Crippen LogP contribution in [0, 0.1) is 5.82 Å². The summed E-state index contributed by atoms with van der Waals surface area (Å²) in [5.41, 5.74) is 2.15. The number of aromatic nitrogens is 1. The Morgan fingerprint density at radius 1 is 1.14 bits per heavy atom. The Bertz CT molecular complexity index is 957. The van der Waals surface area contributed by atoms with Gasteiger partial charge in [0.2, 0.25) is 5.89 Å². The van der Waals surface area contributed by atoms with Crippen LogP contribution in [0.15, 0.2) is 59.2 Å². The fraction of sp³-hybridized carbons (Fsp3) is 0.273. The number of hydrogen-bond acceptors (Lipinski definition) is 4. The Kier molecular flexibility index (Phi) is 7.01. The van der Waals surface area contributed by atoms with Crippen molar-refractivity contribution in [2.45, 2.75) is 39.5 Å². The molecule has 1 aromatic heterocycles. The summed E-state index contributed by atoms with van der Waals surface area (Å²) in [4.78, 5) is 18.5. The monoisotopic (exact) mass is 415 g/mol. The lowest BCUT2D eigenvalue weighted by Gasteiger charge is -2.21. The van der Waals surface area contributed by atoms with Crippen LogP contribution in [-0.4, -0.2) is 21.8 Å². The zero-order chi connectivity index (χ0) is 20.8. The van der Waals surface area contributed by atoms with E-state index in [1.54, 1.807) is 12.1 Å². The molecule has 29 heavy (non-hydrogen) atoms. The molecule has 0 saturated heterocycles. The van der Waals surface area contributed by atoms with Crippen LogP contribution < -0.4 is 5.32 Å². The molecular weight excluding hydrogens is 393 g/mol. The number of carbonyl (C=O) groups excluding carboxylic acids is 1. The predicted octanol–water partition coefficient (Wildman–Crippen LogP) is 4.81. The van der Waals surface area contributed by atoms with Gasteiger partial charge in [-0.3, -0.25) is 9.69 Å². The van der Waals surface area contributed by atoms with Gasteiger partial charge in [0.15, 0.2) is 5.69 Å². The summed E-state index contributed by atoms with van der Waals surface area (Å²) in [6.45, 7) is 5.23. The summed E-state index contributed by atoms with van der Waals surface area (Å²) in [6.07, 6.45) is 1.36. The molecule has 0 bridgehead atoms. The SMILES string of the molecule is CC(C)NC(=O)c1coc(CN(Cc2ccc(F)cc2)Cc2ccccc2Cl)n1. The number of nitrogens with zero attached hydrogens (tertiary/aromatic N) is 2. The van der Waals surface area contributed by atoms with Gasteiger partial charge in [-0.25, -0.2) is 9.37 Å². The van der Waals surface area contributed by atoms with Crippen molar-refractivity contribution in [2.75, 3.05) is 0 Å². The van der Waals surface area contributed by atoms with Gasteiger partial charge in [0.05, 0.1) is 6.54 Å². The van der Waals surface area contributed by atoms with E-state index in [4.69, 9.17) is 16.0 Å². The second kappa shape index (κ2) is 9.67. The van der Waals surface area contributed by atoms with Gasteiger partial charge in [-0.2, -0.15) is 0 Å². The highest BCUT2D eigenvalue weighted by Gasteiger charge is 2.17. The van der Waals surface area contributed by atoms with Crippen LogP contribution in [0.1, 0.15) is 41.4 Å². The lowest BCUT2D eigenvalue weighted by atomic mass is 10.1. The van der Waals surface area contributed by atoms with Gasteiger partial charge in [-0.05, 0) is 43.2 Å². The lowest BCUT2D eigenvalue weighted by molar-refractivity contribution is 0.0938. The molecule has 2 aromatic carbocycles. The number of hydrogen-bond donors (Lipinski definition) is 1. The maximum absolute atomic E-state index is 13.2. The molecule has 1 heterocycles. The maximum atomic E-state index is 13.2. The van der Waals surface area contributed by atoms with Gasteiger partial charge >= 0.3 is 0 Å². The molecule has 7 heteroatoms. The molecule has 3 rings (SSSR count). The van der Waals surface area contributed by atoms with Crippen LogP contribution in [0.2, 0.25) is 5.02 Å². The van der Waals surface area contributed by atoms with Gasteiger partial charge in [0.25, 0.3) is 5.91 Å². The van der Waals surface area contributed by atoms with Crippen molar-refractivity contribution in [1.82, 2.24) is 15.2 Å². The second-order valence-corrected chi connectivity index (χ2v) is 7.52. The summed E-state index contributed by atoms with van der Waals surface area (Å²) in [6, 6.07) is 14.0. The predicted molar refractivity (Wildman–Crippen MR) is 110 cm³/mol. The van der Waals surface area contributed by atoms with Crippen LogP contribution >= 0.6 is 11.6 Å². The molecule has 3 aromatic rings. The van der Waals surface area contributed by atoms with E-state index in [9.17, 15) is 9.18 Å². The van der Waals surface area contributed by atoms with Crippen molar-refractivity contribution in [2.24, 2.45) is 0 Å². The number of nitrogens with one attached hydrogen (secondary N) is 1. The summed E-state index contributed by atoms with van der Waals surface area (Å²) >= 11 is 6.32. The minimum Gasteiger partial charge on any atom is -0.447 e. The Morgan fingerprint density at radius 2 is 1.86 bits per heavy atom. The number of rotatable bonds is 8. The van der Waals surface area contributed by atoms with E-state index >= 15 is 0 Å². The molecule has 0 aliphatic heterocycles. The topological polar surface area (TPSA) is 58.4 Å². The van der Waals surface area contributed by atoms with Crippen molar-refractivity contribution in [1.29, 1.82) is 0 Å². The molecule has 0 spiro atoms. The molecule has 0 saturated carbocycles.